The summed E-state index contributed by atoms with van der Waals surface area (Å²) in [7, 11) is -1.16. The number of hydrogen-bond acceptors (Lipinski definition) is 5. The second kappa shape index (κ2) is 7.58. The molecule has 0 fully saturated rings. The second-order valence-corrected chi connectivity index (χ2v) is 7.27. The Balaban J connectivity index is 4.45. The summed E-state index contributed by atoms with van der Waals surface area (Å²) in [6.45, 7) is 13.7. The molecule has 0 aliphatic rings. The Kier molecular flexibility index (Phi) is 7.23. The molecule has 0 aromatic carbocycles. The van der Waals surface area contributed by atoms with Crippen molar-refractivity contribution in [3.63, 3.8) is 0 Å². The fourth-order valence-corrected chi connectivity index (χ4v) is 1.53. The molecule has 0 aromatic heterocycles. The Bertz CT molecular complexity index is 304. The summed E-state index contributed by atoms with van der Waals surface area (Å²) in [6.07, 6.45) is 0. The summed E-state index contributed by atoms with van der Waals surface area (Å²) in [6, 6.07) is 0. The van der Waals surface area contributed by atoms with Gasteiger partial charge in [0.1, 0.15) is 0 Å². The maximum absolute atomic E-state index is 5.53. The number of allylic oxidation sites excluding steroid dienone is 4. The lowest BCUT2D eigenvalue weighted by atomic mass is 10.3. The Morgan fingerprint density at radius 1 is 0.778 bits per heavy atom. The van der Waals surface area contributed by atoms with E-state index < -0.39 is 8.80 Å². The summed E-state index contributed by atoms with van der Waals surface area (Å²) >= 11 is 0. The first-order valence-electron chi connectivity index (χ1n) is 5.93. The van der Waals surface area contributed by atoms with Crippen molar-refractivity contribution in [1.82, 2.24) is 11.0 Å². The van der Waals surface area contributed by atoms with Gasteiger partial charge in [-0.3, -0.25) is 20.0 Å². The minimum atomic E-state index is -2.73. The van der Waals surface area contributed by atoms with Crippen LogP contribution in [0.5, 0.6) is 0 Å². The van der Waals surface area contributed by atoms with Crippen LogP contribution in [0.1, 0.15) is 41.5 Å². The summed E-state index contributed by atoms with van der Waals surface area (Å²) < 4.78 is 16.4. The largest absolute Gasteiger partial charge is 0.541 e. The molecule has 0 saturated carbocycles. The van der Waals surface area contributed by atoms with Crippen LogP contribution >= 0.6 is 0 Å². The van der Waals surface area contributed by atoms with E-state index in [0.717, 1.165) is 22.5 Å². The van der Waals surface area contributed by atoms with Crippen LogP contribution in [0, 0.1) is 0 Å². The number of rotatable bonds is 7. The van der Waals surface area contributed by atoms with Crippen molar-refractivity contribution in [3.05, 3.63) is 22.5 Å². The highest BCUT2D eigenvalue weighted by atomic mass is 28.4. The molecule has 0 atom stereocenters. The van der Waals surface area contributed by atoms with Crippen molar-refractivity contribution in [1.29, 1.82) is 0 Å². The van der Waals surface area contributed by atoms with Gasteiger partial charge in [-0.25, -0.2) is 0 Å². The van der Waals surface area contributed by atoms with Crippen molar-refractivity contribution in [2.24, 2.45) is 0 Å². The molecule has 0 bridgehead atoms. The molecule has 0 aliphatic heterocycles. The Hall–Kier alpha value is -0.823. The fourth-order valence-electron chi connectivity index (χ4n) is 0.647. The number of hydroxylamine groups is 2. The highest BCUT2D eigenvalue weighted by Gasteiger charge is 2.36. The molecular weight excluding hydrogens is 248 g/mol. The van der Waals surface area contributed by atoms with E-state index in [1.165, 1.54) is 0 Å². The van der Waals surface area contributed by atoms with Gasteiger partial charge in [0.05, 0.1) is 0 Å². The van der Waals surface area contributed by atoms with Gasteiger partial charge in [0.15, 0.2) is 0 Å². The molecule has 0 aromatic rings. The zero-order chi connectivity index (χ0) is 14.3. The van der Waals surface area contributed by atoms with Crippen LogP contribution in [0.15, 0.2) is 22.5 Å². The monoisotopic (exact) mass is 274 g/mol. The summed E-state index contributed by atoms with van der Waals surface area (Å²) in [5.74, 6) is 0. The lowest BCUT2D eigenvalue weighted by Crippen LogP contribution is -2.48. The van der Waals surface area contributed by atoms with E-state index in [9.17, 15) is 0 Å². The summed E-state index contributed by atoms with van der Waals surface area (Å²) in [4.78, 5) is 0. The van der Waals surface area contributed by atoms with Gasteiger partial charge in [-0.15, -0.1) is 0 Å². The average Bonchev–Trinajstić information content (AvgIpc) is 2.32. The molecule has 6 heteroatoms. The molecule has 0 unspecified atom stereocenters. The van der Waals surface area contributed by atoms with Gasteiger partial charge in [0.25, 0.3) is 0 Å². The molecule has 106 valence electrons. The van der Waals surface area contributed by atoms with E-state index >= 15 is 0 Å². The van der Waals surface area contributed by atoms with Crippen LogP contribution in [0.3, 0.4) is 0 Å². The molecule has 0 saturated heterocycles. The minimum absolute atomic E-state index is 0.952. The first-order valence-corrected chi connectivity index (χ1v) is 8.15. The third kappa shape index (κ3) is 6.20. The van der Waals surface area contributed by atoms with Crippen LogP contribution in [-0.2, 0) is 13.5 Å². The Morgan fingerprint density at radius 3 is 1.33 bits per heavy atom. The Labute approximate surface area is 111 Å². The van der Waals surface area contributed by atoms with E-state index in [2.05, 4.69) is 11.0 Å². The first kappa shape index (κ1) is 17.2. The van der Waals surface area contributed by atoms with E-state index in [1.807, 2.05) is 48.1 Å². The van der Waals surface area contributed by atoms with Gasteiger partial charge < -0.3 is 4.43 Å². The van der Waals surface area contributed by atoms with Crippen LogP contribution in [0.25, 0.3) is 0 Å². The molecule has 5 nitrogen and oxygen atoms in total. The van der Waals surface area contributed by atoms with Crippen LogP contribution in [0.2, 0.25) is 6.55 Å². The molecule has 0 amide bonds. The molecule has 18 heavy (non-hydrogen) atoms. The minimum Gasteiger partial charge on any atom is -0.375 e. The molecule has 0 heterocycles. The van der Waals surface area contributed by atoms with Gasteiger partial charge in [0, 0.05) is 25.1 Å². The third-order valence-corrected chi connectivity index (χ3v) is 4.34. The first-order chi connectivity index (χ1) is 8.22. The predicted molar refractivity (Wildman–Crippen MR) is 75.2 cm³/mol. The van der Waals surface area contributed by atoms with Gasteiger partial charge in [0.2, 0.25) is 0 Å². The highest BCUT2D eigenvalue weighted by molar-refractivity contribution is 6.58. The molecule has 0 aliphatic carbocycles. The van der Waals surface area contributed by atoms with Crippen LogP contribution in [0.4, 0.5) is 0 Å². The zero-order valence-electron chi connectivity index (χ0n) is 12.7. The van der Waals surface area contributed by atoms with Crippen molar-refractivity contribution in [3.8, 4) is 0 Å². The number of nitrogens with one attached hydrogen (secondary N) is 2. The maximum Gasteiger partial charge on any atom is 0.541 e. The van der Waals surface area contributed by atoms with E-state index in [0.29, 0.717) is 0 Å². The third-order valence-electron chi connectivity index (χ3n) is 2.65. The quantitative estimate of drug-likeness (QED) is 0.552. The van der Waals surface area contributed by atoms with Gasteiger partial charge in [-0.1, -0.05) is 11.1 Å². The maximum atomic E-state index is 5.53. The van der Waals surface area contributed by atoms with Crippen molar-refractivity contribution < 1.29 is 13.5 Å². The molecule has 0 radical (unpaired) electrons. The van der Waals surface area contributed by atoms with Crippen LogP contribution in [-0.4, -0.2) is 15.9 Å². The summed E-state index contributed by atoms with van der Waals surface area (Å²) in [5, 5.41) is 0. The van der Waals surface area contributed by atoms with E-state index in [1.54, 1.807) is 7.11 Å². The van der Waals surface area contributed by atoms with Gasteiger partial charge in [-0.2, -0.15) is 0 Å². The SMILES string of the molecule is CO[Si](C)(ONC(C)=C(C)C)ONC(C)=C(C)C. The number of hydrogen-bond donors (Lipinski definition) is 2. The van der Waals surface area contributed by atoms with Gasteiger partial charge >= 0.3 is 8.80 Å². The van der Waals surface area contributed by atoms with Crippen molar-refractivity contribution >= 4 is 8.80 Å². The topological polar surface area (TPSA) is 51.8 Å². The zero-order valence-corrected chi connectivity index (χ0v) is 13.7. The van der Waals surface area contributed by atoms with Gasteiger partial charge in [-0.05, 0) is 41.5 Å². The normalized spacial score (nSPS) is 10.9. The lowest BCUT2D eigenvalue weighted by Gasteiger charge is -2.25. The molecule has 0 spiro atoms. The van der Waals surface area contributed by atoms with Crippen molar-refractivity contribution in [2.45, 2.75) is 48.1 Å². The highest BCUT2D eigenvalue weighted by Crippen LogP contribution is 2.08. The molecule has 0 rings (SSSR count). The second-order valence-electron chi connectivity index (χ2n) is 4.72. The predicted octanol–water partition coefficient (Wildman–Crippen LogP) is 2.87. The van der Waals surface area contributed by atoms with E-state index in [-0.39, 0.29) is 0 Å². The lowest BCUT2D eigenvalue weighted by molar-refractivity contribution is 0.0229. The smallest absolute Gasteiger partial charge is 0.375 e. The summed E-state index contributed by atoms with van der Waals surface area (Å²) in [5.41, 5.74) is 9.93. The standard InChI is InChI=1S/C12H26N2O3Si/c1-9(2)11(5)13-16-18(8,15-7)17-14-12(6)10(3)4/h13-14H,1-8H3. The van der Waals surface area contributed by atoms with Crippen LogP contribution < -0.4 is 11.0 Å². The average molecular weight is 274 g/mol. The Morgan fingerprint density at radius 2 is 1.11 bits per heavy atom. The van der Waals surface area contributed by atoms with E-state index in [4.69, 9.17) is 13.5 Å². The molecular formula is C12H26N2O3Si. The fraction of sp³-hybridized carbons (Fsp3) is 0.667. The molecule has 2 N–H and O–H groups in total. The van der Waals surface area contributed by atoms with Crippen molar-refractivity contribution in [2.75, 3.05) is 7.11 Å².